The number of hydrogen-bond acceptors (Lipinski definition) is 3. The average Bonchev–Trinajstić information content (AvgIpc) is 3.11. The molecule has 0 aromatic carbocycles. The zero-order valence-corrected chi connectivity index (χ0v) is 10.7. The summed E-state index contributed by atoms with van der Waals surface area (Å²) in [5.74, 6) is 0.515. The highest BCUT2D eigenvalue weighted by Gasteiger charge is 2.30. The SMILES string of the molecule is O=C(c1ccco1)N1CCCC(N2CCCC2)C1. The first-order chi connectivity index (χ1) is 8.84. The molecule has 1 atom stereocenters. The van der Waals surface area contributed by atoms with Gasteiger partial charge in [-0.1, -0.05) is 0 Å². The number of rotatable bonds is 2. The highest BCUT2D eigenvalue weighted by molar-refractivity contribution is 5.91. The fraction of sp³-hybridized carbons (Fsp3) is 0.643. The van der Waals surface area contributed by atoms with Gasteiger partial charge < -0.3 is 9.32 Å². The Morgan fingerprint density at radius 2 is 2.06 bits per heavy atom. The maximum absolute atomic E-state index is 12.2. The Bertz CT molecular complexity index is 396. The van der Waals surface area contributed by atoms with E-state index >= 15 is 0 Å². The van der Waals surface area contributed by atoms with Gasteiger partial charge in [0, 0.05) is 19.1 Å². The summed E-state index contributed by atoms with van der Waals surface area (Å²) in [5.41, 5.74) is 0. The van der Waals surface area contributed by atoms with E-state index in [1.807, 2.05) is 4.90 Å². The van der Waals surface area contributed by atoms with Crippen LogP contribution in [-0.4, -0.2) is 47.9 Å². The van der Waals surface area contributed by atoms with Gasteiger partial charge in [-0.15, -0.1) is 0 Å². The van der Waals surface area contributed by atoms with Gasteiger partial charge in [-0.05, 0) is 50.9 Å². The molecule has 1 amide bonds. The van der Waals surface area contributed by atoms with Crippen LogP contribution in [0, 0.1) is 0 Å². The highest BCUT2D eigenvalue weighted by atomic mass is 16.3. The minimum Gasteiger partial charge on any atom is -0.459 e. The lowest BCUT2D eigenvalue weighted by Gasteiger charge is -2.37. The number of amides is 1. The first-order valence-electron chi connectivity index (χ1n) is 6.91. The second-order valence-corrected chi connectivity index (χ2v) is 5.27. The molecule has 3 rings (SSSR count). The minimum absolute atomic E-state index is 0.0453. The molecule has 0 radical (unpaired) electrons. The Hall–Kier alpha value is -1.29. The number of furan rings is 1. The summed E-state index contributed by atoms with van der Waals surface area (Å²) in [6.07, 6.45) is 6.51. The van der Waals surface area contributed by atoms with Crippen molar-refractivity contribution in [2.75, 3.05) is 26.2 Å². The van der Waals surface area contributed by atoms with Gasteiger partial charge >= 0.3 is 0 Å². The van der Waals surface area contributed by atoms with Gasteiger partial charge in [0.1, 0.15) is 0 Å². The van der Waals surface area contributed by atoms with Crippen molar-refractivity contribution >= 4 is 5.91 Å². The highest BCUT2D eigenvalue weighted by Crippen LogP contribution is 2.21. The lowest BCUT2D eigenvalue weighted by molar-refractivity contribution is 0.0578. The van der Waals surface area contributed by atoms with E-state index in [-0.39, 0.29) is 5.91 Å². The van der Waals surface area contributed by atoms with Crippen molar-refractivity contribution < 1.29 is 9.21 Å². The first kappa shape index (κ1) is 11.8. The van der Waals surface area contributed by atoms with Crippen molar-refractivity contribution in [3.63, 3.8) is 0 Å². The van der Waals surface area contributed by atoms with Gasteiger partial charge in [-0.2, -0.15) is 0 Å². The average molecular weight is 248 g/mol. The Kier molecular flexibility index (Phi) is 3.37. The molecule has 98 valence electrons. The smallest absolute Gasteiger partial charge is 0.289 e. The molecule has 0 spiro atoms. The molecular formula is C14H20N2O2. The van der Waals surface area contributed by atoms with Gasteiger partial charge in [-0.25, -0.2) is 0 Å². The predicted molar refractivity (Wildman–Crippen MR) is 68.4 cm³/mol. The zero-order valence-electron chi connectivity index (χ0n) is 10.7. The topological polar surface area (TPSA) is 36.7 Å². The van der Waals surface area contributed by atoms with Gasteiger partial charge in [0.15, 0.2) is 5.76 Å². The fourth-order valence-electron chi connectivity index (χ4n) is 3.10. The molecule has 4 nitrogen and oxygen atoms in total. The standard InChI is InChI=1S/C14H20N2O2/c17-14(13-6-4-10-18-13)16-9-3-5-12(11-16)15-7-1-2-8-15/h4,6,10,12H,1-3,5,7-9,11H2. The summed E-state index contributed by atoms with van der Waals surface area (Å²) >= 11 is 0. The summed E-state index contributed by atoms with van der Waals surface area (Å²) in [7, 11) is 0. The van der Waals surface area contributed by atoms with E-state index in [9.17, 15) is 4.79 Å². The van der Waals surface area contributed by atoms with Crippen LogP contribution in [0.1, 0.15) is 36.2 Å². The molecule has 18 heavy (non-hydrogen) atoms. The van der Waals surface area contributed by atoms with E-state index in [1.165, 1.54) is 32.4 Å². The van der Waals surface area contributed by atoms with Crippen LogP contribution in [0.5, 0.6) is 0 Å². The second kappa shape index (κ2) is 5.14. The van der Waals surface area contributed by atoms with Crippen LogP contribution in [0.2, 0.25) is 0 Å². The van der Waals surface area contributed by atoms with E-state index in [1.54, 1.807) is 18.4 Å². The third kappa shape index (κ3) is 2.29. The van der Waals surface area contributed by atoms with E-state index in [0.717, 1.165) is 19.5 Å². The third-order valence-corrected chi connectivity index (χ3v) is 4.07. The molecule has 2 fully saturated rings. The molecule has 1 unspecified atom stereocenters. The number of nitrogens with zero attached hydrogens (tertiary/aromatic N) is 2. The Morgan fingerprint density at radius 3 is 2.78 bits per heavy atom. The van der Waals surface area contributed by atoms with E-state index in [2.05, 4.69) is 4.90 Å². The molecule has 3 heterocycles. The molecular weight excluding hydrogens is 228 g/mol. The largest absolute Gasteiger partial charge is 0.459 e. The van der Waals surface area contributed by atoms with Crippen molar-refractivity contribution in [1.82, 2.24) is 9.80 Å². The Balaban J connectivity index is 1.64. The van der Waals surface area contributed by atoms with Crippen molar-refractivity contribution in [2.24, 2.45) is 0 Å². The molecule has 4 heteroatoms. The Morgan fingerprint density at radius 1 is 1.22 bits per heavy atom. The van der Waals surface area contributed by atoms with Crippen molar-refractivity contribution in [1.29, 1.82) is 0 Å². The Labute approximate surface area is 108 Å². The van der Waals surface area contributed by atoms with Crippen LogP contribution in [0.15, 0.2) is 22.8 Å². The fourth-order valence-corrected chi connectivity index (χ4v) is 3.10. The molecule has 2 aliphatic rings. The quantitative estimate of drug-likeness (QED) is 0.803. The van der Waals surface area contributed by atoms with Crippen molar-refractivity contribution in [3.8, 4) is 0 Å². The normalized spacial score (nSPS) is 25.6. The maximum Gasteiger partial charge on any atom is 0.289 e. The van der Waals surface area contributed by atoms with Gasteiger partial charge in [-0.3, -0.25) is 9.69 Å². The summed E-state index contributed by atoms with van der Waals surface area (Å²) in [6, 6.07) is 4.08. The van der Waals surface area contributed by atoms with E-state index < -0.39 is 0 Å². The summed E-state index contributed by atoms with van der Waals surface area (Å²) in [5, 5.41) is 0. The number of piperidine rings is 1. The third-order valence-electron chi connectivity index (χ3n) is 4.07. The molecule has 0 saturated carbocycles. The summed E-state index contributed by atoms with van der Waals surface area (Å²) < 4.78 is 5.20. The second-order valence-electron chi connectivity index (χ2n) is 5.27. The summed E-state index contributed by atoms with van der Waals surface area (Å²) in [6.45, 7) is 4.13. The molecule has 1 aromatic rings. The van der Waals surface area contributed by atoms with E-state index in [4.69, 9.17) is 4.42 Å². The zero-order chi connectivity index (χ0) is 12.4. The van der Waals surface area contributed by atoms with Gasteiger partial charge in [0.25, 0.3) is 5.91 Å². The van der Waals surface area contributed by atoms with Crippen molar-refractivity contribution in [2.45, 2.75) is 31.7 Å². The maximum atomic E-state index is 12.2. The van der Waals surface area contributed by atoms with Crippen LogP contribution < -0.4 is 0 Å². The first-order valence-corrected chi connectivity index (χ1v) is 6.91. The predicted octanol–water partition coefficient (Wildman–Crippen LogP) is 1.98. The lowest BCUT2D eigenvalue weighted by Crippen LogP contribution is -2.48. The molecule has 1 aromatic heterocycles. The minimum atomic E-state index is 0.0453. The number of likely N-dealkylation sites (tertiary alicyclic amines) is 2. The number of hydrogen-bond donors (Lipinski definition) is 0. The van der Waals surface area contributed by atoms with Crippen LogP contribution >= 0.6 is 0 Å². The number of carbonyl (C=O) groups is 1. The number of carbonyl (C=O) groups excluding carboxylic acids is 1. The van der Waals surface area contributed by atoms with Gasteiger partial charge in [0.05, 0.1) is 6.26 Å². The van der Waals surface area contributed by atoms with Crippen LogP contribution in [-0.2, 0) is 0 Å². The van der Waals surface area contributed by atoms with Crippen LogP contribution in [0.3, 0.4) is 0 Å². The molecule has 2 aliphatic heterocycles. The van der Waals surface area contributed by atoms with Crippen molar-refractivity contribution in [3.05, 3.63) is 24.2 Å². The van der Waals surface area contributed by atoms with Crippen LogP contribution in [0.25, 0.3) is 0 Å². The molecule has 0 aliphatic carbocycles. The molecule has 0 bridgehead atoms. The molecule has 2 saturated heterocycles. The molecule has 0 N–H and O–H groups in total. The lowest BCUT2D eigenvalue weighted by atomic mass is 10.0. The monoisotopic (exact) mass is 248 g/mol. The van der Waals surface area contributed by atoms with Crippen LogP contribution in [0.4, 0.5) is 0 Å². The van der Waals surface area contributed by atoms with Gasteiger partial charge in [0.2, 0.25) is 0 Å². The summed E-state index contributed by atoms with van der Waals surface area (Å²) in [4.78, 5) is 16.7. The van der Waals surface area contributed by atoms with E-state index in [0.29, 0.717) is 11.8 Å².